The first-order valence-electron chi connectivity index (χ1n) is 4.22. The minimum atomic E-state index is -2.92. The lowest BCUT2D eigenvalue weighted by Crippen LogP contribution is -2.19. The van der Waals surface area contributed by atoms with Crippen molar-refractivity contribution in [2.45, 2.75) is 12.8 Å². The number of aromatic amines is 1. The Morgan fingerprint density at radius 3 is 2.75 bits per heavy atom. The Hall–Kier alpha value is -0.990. The van der Waals surface area contributed by atoms with E-state index < -0.39 is 23.5 Å². The number of halogens is 3. The summed E-state index contributed by atoms with van der Waals surface area (Å²) >= 11 is 1.77. The lowest BCUT2D eigenvalue weighted by atomic mass is 10.1. The standard InChI is InChI=1S/C9H8F2INO3/c1-16-6(14)2-4-5(12)3-13-9(15)7(4)8(10)11/h3,8H,2H2,1H3,(H,13,15). The molecular formula is C9H8F2INO3. The van der Waals surface area contributed by atoms with Gasteiger partial charge in [-0.3, -0.25) is 9.59 Å². The van der Waals surface area contributed by atoms with Crippen LogP contribution in [0.5, 0.6) is 0 Å². The molecule has 0 atom stereocenters. The van der Waals surface area contributed by atoms with E-state index in [4.69, 9.17) is 0 Å². The van der Waals surface area contributed by atoms with Crippen molar-refractivity contribution in [1.82, 2.24) is 4.98 Å². The van der Waals surface area contributed by atoms with Gasteiger partial charge in [-0.15, -0.1) is 0 Å². The van der Waals surface area contributed by atoms with Crippen LogP contribution in [0, 0.1) is 3.57 Å². The largest absolute Gasteiger partial charge is 0.469 e. The van der Waals surface area contributed by atoms with Gasteiger partial charge in [0, 0.05) is 9.77 Å². The fourth-order valence-corrected chi connectivity index (χ4v) is 1.82. The van der Waals surface area contributed by atoms with Gasteiger partial charge < -0.3 is 9.72 Å². The highest BCUT2D eigenvalue weighted by Crippen LogP contribution is 2.23. The number of alkyl halides is 2. The summed E-state index contributed by atoms with van der Waals surface area (Å²) in [4.78, 5) is 24.4. The molecule has 0 aliphatic rings. The number of carbonyl (C=O) groups is 1. The zero-order chi connectivity index (χ0) is 12.3. The third kappa shape index (κ3) is 2.77. The smallest absolute Gasteiger partial charge is 0.310 e. The first-order valence-corrected chi connectivity index (χ1v) is 5.30. The van der Waals surface area contributed by atoms with E-state index in [9.17, 15) is 18.4 Å². The van der Waals surface area contributed by atoms with Crippen molar-refractivity contribution >= 4 is 28.6 Å². The summed E-state index contributed by atoms with van der Waals surface area (Å²) in [6, 6.07) is 0. The maximum atomic E-state index is 12.6. The summed E-state index contributed by atoms with van der Waals surface area (Å²) in [7, 11) is 1.16. The van der Waals surface area contributed by atoms with Crippen molar-refractivity contribution in [3.63, 3.8) is 0 Å². The molecule has 1 N–H and O–H groups in total. The molecule has 0 aliphatic heterocycles. The Bertz CT molecular complexity index is 459. The van der Waals surface area contributed by atoms with Gasteiger partial charge in [0.05, 0.1) is 19.1 Å². The number of nitrogens with one attached hydrogen (secondary N) is 1. The quantitative estimate of drug-likeness (QED) is 0.671. The second-order valence-corrected chi connectivity index (χ2v) is 4.07. The molecule has 0 bridgehead atoms. The molecule has 0 saturated carbocycles. The van der Waals surface area contributed by atoms with Crippen LogP contribution in [0.2, 0.25) is 0 Å². The molecule has 0 spiro atoms. The molecule has 1 rings (SSSR count). The van der Waals surface area contributed by atoms with Gasteiger partial charge in [-0.2, -0.15) is 0 Å². The zero-order valence-electron chi connectivity index (χ0n) is 8.22. The minimum Gasteiger partial charge on any atom is -0.469 e. The summed E-state index contributed by atoms with van der Waals surface area (Å²) in [6.07, 6.45) is -1.97. The normalized spacial score (nSPS) is 10.6. The zero-order valence-corrected chi connectivity index (χ0v) is 10.4. The predicted octanol–water partition coefficient (Wildman–Crippen LogP) is 1.63. The van der Waals surface area contributed by atoms with E-state index in [1.807, 2.05) is 0 Å². The Balaban J connectivity index is 3.29. The van der Waals surface area contributed by atoms with E-state index in [2.05, 4.69) is 9.72 Å². The molecule has 1 heterocycles. The lowest BCUT2D eigenvalue weighted by molar-refractivity contribution is -0.139. The van der Waals surface area contributed by atoms with E-state index in [1.54, 1.807) is 22.6 Å². The maximum absolute atomic E-state index is 12.6. The number of H-pyrrole nitrogens is 1. The van der Waals surface area contributed by atoms with Crippen LogP contribution in [0.4, 0.5) is 8.78 Å². The Morgan fingerprint density at radius 2 is 2.25 bits per heavy atom. The van der Waals surface area contributed by atoms with E-state index in [0.29, 0.717) is 3.57 Å². The number of carbonyl (C=O) groups excluding carboxylic acids is 1. The molecule has 1 aromatic rings. The molecule has 0 saturated heterocycles. The molecule has 7 heteroatoms. The predicted molar refractivity (Wildman–Crippen MR) is 60.5 cm³/mol. The number of ether oxygens (including phenoxy) is 1. The number of hydrogen-bond donors (Lipinski definition) is 1. The molecule has 0 aromatic carbocycles. The van der Waals surface area contributed by atoms with Crippen molar-refractivity contribution in [1.29, 1.82) is 0 Å². The van der Waals surface area contributed by atoms with Crippen molar-refractivity contribution in [3.8, 4) is 0 Å². The molecular weight excluding hydrogens is 335 g/mol. The third-order valence-electron chi connectivity index (χ3n) is 1.96. The van der Waals surface area contributed by atoms with Crippen LogP contribution >= 0.6 is 22.6 Å². The lowest BCUT2D eigenvalue weighted by Gasteiger charge is -2.08. The molecule has 4 nitrogen and oxygen atoms in total. The Labute approximate surface area is 103 Å². The van der Waals surface area contributed by atoms with Gasteiger partial charge in [0.1, 0.15) is 0 Å². The average Bonchev–Trinajstić information content (AvgIpc) is 2.22. The van der Waals surface area contributed by atoms with Gasteiger partial charge in [-0.25, -0.2) is 8.78 Å². The molecule has 0 amide bonds. The highest BCUT2D eigenvalue weighted by atomic mass is 127. The summed E-state index contributed by atoms with van der Waals surface area (Å²) < 4.78 is 30.1. The van der Waals surface area contributed by atoms with Crippen molar-refractivity contribution < 1.29 is 18.3 Å². The first kappa shape index (κ1) is 13.1. The third-order valence-corrected chi connectivity index (χ3v) is 2.92. The van der Waals surface area contributed by atoms with Crippen LogP contribution in [0.25, 0.3) is 0 Å². The van der Waals surface area contributed by atoms with E-state index in [-0.39, 0.29) is 12.0 Å². The molecule has 88 valence electrons. The molecule has 0 unspecified atom stereocenters. The fraction of sp³-hybridized carbons (Fsp3) is 0.333. The van der Waals surface area contributed by atoms with Crippen molar-refractivity contribution in [2.75, 3.05) is 7.11 Å². The van der Waals surface area contributed by atoms with E-state index in [1.165, 1.54) is 6.20 Å². The highest BCUT2D eigenvalue weighted by molar-refractivity contribution is 14.1. The van der Waals surface area contributed by atoms with E-state index >= 15 is 0 Å². The van der Waals surface area contributed by atoms with Gasteiger partial charge in [-0.05, 0) is 28.2 Å². The SMILES string of the molecule is COC(=O)Cc1c(I)c[nH]c(=O)c1C(F)F. The number of rotatable bonds is 3. The summed E-state index contributed by atoms with van der Waals surface area (Å²) in [5.41, 5.74) is -1.53. The van der Waals surface area contributed by atoms with Crippen LogP contribution in [-0.2, 0) is 16.0 Å². The number of hydrogen-bond acceptors (Lipinski definition) is 3. The fourth-order valence-electron chi connectivity index (χ4n) is 1.19. The number of pyridine rings is 1. The van der Waals surface area contributed by atoms with Crippen LogP contribution in [0.1, 0.15) is 17.6 Å². The average molecular weight is 343 g/mol. The second-order valence-electron chi connectivity index (χ2n) is 2.91. The highest BCUT2D eigenvalue weighted by Gasteiger charge is 2.21. The summed E-state index contributed by atoms with van der Waals surface area (Å²) in [5.74, 6) is -0.662. The Morgan fingerprint density at radius 1 is 1.62 bits per heavy atom. The van der Waals surface area contributed by atoms with Crippen molar-refractivity contribution in [3.05, 3.63) is 31.2 Å². The van der Waals surface area contributed by atoms with E-state index in [0.717, 1.165) is 7.11 Å². The van der Waals surface area contributed by atoms with Gasteiger partial charge in [0.25, 0.3) is 12.0 Å². The number of aromatic nitrogens is 1. The number of esters is 1. The maximum Gasteiger partial charge on any atom is 0.310 e. The topological polar surface area (TPSA) is 59.2 Å². The van der Waals surface area contributed by atoms with Crippen LogP contribution in [0.15, 0.2) is 11.0 Å². The monoisotopic (exact) mass is 343 g/mol. The molecule has 1 aromatic heterocycles. The van der Waals surface area contributed by atoms with Crippen LogP contribution in [-0.4, -0.2) is 18.1 Å². The number of methoxy groups -OCH3 is 1. The second kappa shape index (κ2) is 5.37. The van der Waals surface area contributed by atoms with Crippen LogP contribution < -0.4 is 5.56 Å². The molecule has 0 aliphatic carbocycles. The van der Waals surface area contributed by atoms with Gasteiger partial charge in [0.15, 0.2) is 0 Å². The van der Waals surface area contributed by atoms with Gasteiger partial charge in [0.2, 0.25) is 0 Å². The van der Waals surface area contributed by atoms with Crippen LogP contribution in [0.3, 0.4) is 0 Å². The summed E-state index contributed by atoms with van der Waals surface area (Å²) in [5, 5.41) is 0. The molecule has 16 heavy (non-hydrogen) atoms. The van der Waals surface area contributed by atoms with Gasteiger partial charge >= 0.3 is 5.97 Å². The first-order chi connectivity index (χ1) is 7.47. The molecule has 0 fully saturated rings. The minimum absolute atomic E-state index is 0.0196. The molecule has 0 radical (unpaired) electrons. The van der Waals surface area contributed by atoms with Crippen molar-refractivity contribution in [2.24, 2.45) is 0 Å². The summed E-state index contributed by atoms with van der Waals surface area (Å²) in [6.45, 7) is 0. The van der Waals surface area contributed by atoms with Gasteiger partial charge in [-0.1, -0.05) is 0 Å². The Kier molecular flexibility index (Phi) is 4.39.